The van der Waals surface area contributed by atoms with Crippen LogP contribution in [0.1, 0.15) is 31.1 Å². The fourth-order valence-corrected chi connectivity index (χ4v) is 2.23. The molecule has 0 aliphatic rings. The monoisotopic (exact) mass is 368 g/mol. The minimum atomic E-state index is -0.569. The number of nitrogens with one attached hydrogen (secondary N) is 3. The van der Waals surface area contributed by atoms with Gasteiger partial charge in [0.25, 0.3) is 5.91 Å². The summed E-state index contributed by atoms with van der Waals surface area (Å²) in [4.78, 5) is 35.7. The molecule has 0 spiro atoms. The third-order valence-electron chi connectivity index (χ3n) is 3.72. The second-order valence-corrected chi connectivity index (χ2v) is 7.10. The second-order valence-electron chi connectivity index (χ2n) is 7.10. The Morgan fingerprint density at radius 3 is 2.19 bits per heavy atom. The zero-order valence-corrected chi connectivity index (χ0v) is 15.6. The lowest BCUT2D eigenvalue weighted by Gasteiger charge is -2.18. The summed E-state index contributed by atoms with van der Waals surface area (Å²) in [7, 11) is 0. The van der Waals surface area contributed by atoms with Gasteiger partial charge in [0, 0.05) is 22.5 Å². The van der Waals surface area contributed by atoms with Gasteiger partial charge in [0.05, 0.1) is 12.1 Å². The summed E-state index contributed by atoms with van der Waals surface area (Å²) in [5, 5.41) is 8.46. The van der Waals surface area contributed by atoms with Gasteiger partial charge in [-0.2, -0.15) is 0 Å². The minimum absolute atomic E-state index is 0.0388. The number of hydrogen-bond donors (Lipinski definition) is 4. The van der Waals surface area contributed by atoms with Crippen molar-refractivity contribution in [2.45, 2.75) is 20.8 Å². The van der Waals surface area contributed by atoms with E-state index in [2.05, 4.69) is 16.0 Å². The Hall–Kier alpha value is -3.35. The maximum atomic E-state index is 12.2. The number of nitrogens with two attached hydrogens (primary N) is 1. The maximum absolute atomic E-state index is 12.2. The molecule has 7 nitrogen and oxygen atoms in total. The van der Waals surface area contributed by atoms with Gasteiger partial charge in [-0.1, -0.05) is 39.0 Å². The van der Waals surface area contributed by atoms with E-state index in [0.717, 1.165) is 0 Å². The number of carbonyl (C=O) groups is 3. The molecule has 0 aliphatic carbocycles. The maximum Gasteiger partial charge on any atom is 0.250 e. The molecule has 0 aliphatic heterocycles. The molecular weight excluding hydrogens is 344 g/mol. The fraction of sp³-hybridized carbons (Fsp3) is 0.250. The molecule has 5 N–H and O–H groups in total. The van der Waals surface area contributed by atoms with Gasteiger partial charge in [-0.05, 0) is 30.3 Å². The first-order chi connectivity index (χ1) is 12.7. The highest BCUT2D eigenvalue weighted by Crippen LogP contribution is 2.20. The van der Waals surface area contributed by atoms with Gasteiger partial charge < -0.3 is 21.7 Å². The molecule has 0 saturated heterocycles. The topological polar surface area (TPSA) is 113 Å². The van der Waals surface area contributed by atoms with Crippen LogP contribution in [0.3, 0.4) is 0 Å². The highest BCUT2D eigenvalue weighted by Gasteiger charge is 2.21. The third-order valence-corrected chi connectivity index (χ3v) is 3.72. The predicted molar refractivity (Wildman–Crippen MR) is 107 cm³/mol. The number of hydrogen-bond acceptors (Lipinski definition) is 4. The van der Waals surface area contributed by atoms with Crippen molar-refractivity contribution in [1.29, 1.82) is 0 Å². The summed E-state index contributed by atoms with van der Waals surface area (Å²) in [5.41, 5.74) is 6.76. The molecule has 0 saturated carbocycles. The van der Waals surface area contributed by atoms with Crippen molar-refractivity contribution in [2.24, 2.45) is 11.1 Å². The first kappa shape index (κ1) is 20.0. The van der Waals surface area contributed by atoms with Crippen LogP contribution in [0.25, 0.3) is 0 Å². The van der Waals surface area contributed by atoms with Crippen molar-refractivity contribution in [2.75, 3.05) is 22.5 Å². The van der Waals surface area contributed by atoms with E-state index in [4.69, 9.17) is 5.73 Å². The van der Waals surface area contributed by atoms with Crippen LogP contribution in [0.15, 0.2) is 48.5 Å². The van der Waals surface area contributed by atoms with Gasteiger partial charge in [-0.25, -0.2) is 0 Å². The number of rotatable bonds is 6. The number of amides is 3. The SMILES string of the molecule is CC(C)(C)C(=O)Nc1cccc(NC(=O)CNc2ccccc2C(N)=O)c1. The average molecular weight is 368 g/mol. The number of primary amides is 1. The summed E-state index contributed by atoms with van der Waals surface area (Å²) >= 11 is 0. The van der Waals surface area contributed by atoms with Gasteiger partial charge in [0.15, 0.2) is 0 Å². The Kier molecular flexibility index (Phi) is 6.18. The van der Waals surface area contributed by atoms with E-state index in [1.54, 1.807) is 48.5 Å². The molecule has 0 aromatic heterocycles. The molecular formula is C20H24N4O3. The predicted octanol–water partition coefficient (Wildman–Crippen LogP) is 2.82. The van der Waals surface area contributed by atoms with E-state index in [1.165, 1.54) is 0 Å². The highest BCUT2D eigenvalue weighted by atomic mass is 16.2. The second kappa shape index (κ2) is 8.35. The third kappa shape index (κ3) is 5.85. The lowest BCUT2D eigenvalue weighted by molar-refractivity contribution is -0.123. The van der Waals surface area contributed by atoms with Gasteiger partial charge in [-0.15, -0.1) is 0 Å². The smallest absolute Gasteiger partial charge is 0.250 e. The lowest BCUT2D eigenvalue weighted by Crippen LogP contribution is -2.27. The Morgan fingerprint density at radius 1 is 0.926 bits per heavy atom. The van der Waals surface area contributed by atoms with Crippen molar-refractivity contribution in [3.8, 4) is 0 Å². The highest BCUT2D eigenvalue weighted by molar-refractivity contribution is 6.00. The van der Waals surface area contributed by atoms with Crippen LogP contribution in [0.4, 0.5) is 17.1 Å². The van der Waals surface area contributed by atoms with E-state index in [1.807, 2.05) is 20.8 Å². The zero-order chi connectivity index (χ0) is 20.0. The summed E-state index contributed by atoms with van der Waals surface area (Å²) in [6.45, 7) is 5.43. The zero-order valence-electron chi connectivity index (χ0n) is 15.6. The Labute approximate surface area is 158 Å². The summed E-state index contributed by atoms with van der Waals surface area (Å²) in [6.07, 6.45) is 0. The van der Waals surface area contributed by atoms with Crippen LogP contribution in [0.2, 0.25) is 0 Å². The van der Waals surface area contributed by atoms with Crippen molar-refractivity contribution in [1.82, 2.24) is 0 Å². The van der Waals surface area contributed by atoms with Crippen LogP contribution in [-0.4, -0.2) is 24.3 Å². The van der Waals surface area contributed by atoms with Crippen molar-refractivity contribution >= 4 is 34.8 Å². The standard InChI is InChI=1S/C20H24N4O3/c1-20(2,3)19(27)24-14-8-6-7-13(11-14)23-17(25)12-22-16-10-5-4-9-15(16)18(21)26/h4-11,22H,12H2,1-3H3,(H2,21,26)(H,23,25)(H,24,27). The van der Waals surface area contributed by atoms with Crippen LogP contribution >= 0.6 is 0 Å². The first-order valence-corrected chi connectivity index (χ1v) is 8.51. The molecule has 27 heavy (non-hydrogen) atoms. The average Bonchev–Trinajstić information content (AvgIpc) is 2.59. The summed E-state index contributed by atoms with van der Waals surface area (Å²) in [5.74, 6) is -0.981. The van der Waals surface area contributed by atoms with Gasteiger partial charge >= 0.3 is 0 Å². The number of benzene rings is 2. The molecule has 0 bridgehead atoms. The van der Waals surface area contributed by atoms with Crippen molar-refractivity contribution in [3.05, 3.63) is 54.1 Å². The molecule has 2 aromatic carbocycles. The Bertz CT molecular complexity index is 856. The molecule has 0 unspecified atom stereocenters. The molecule has 0 radical (unpaired) electrons. The molecule has 2 rings (SSSR count). The molecule has 0 fully saturated rings. The first-order valence-electron chi connectivity index (χ1n) is 8.51. The fourth-order valence-electron chi connectivity index (χ4n) is 2.23. The van der Waals surface area contributed by atoms with E-state index >= 15 is 0 Å². The molecule has 3 amide bonds. The van der Waals surface area contributed by atoms with E-state index in [9.17, 15) is 14.4 Å². The molecule has 0 heterocycles. The van der Waals surface area contributed by atoms with E-state index in [0.29, 0.717) is 22.6 Å². The van der Waals surface area contributed by atoms with Gasteiger partial charge in [-0.3, -0.25) is 14.4 Å². The Morgan fingerprint density at radius 2 is 1.56 bits per heavy atom. The van der Waals surface area contributed by atoms with Crippen LogP contribution < -0.4 is 21.7 Å². The molecule has 142 valence electrons. The quantitative estimate of drug-likeness (QED) is 0.628. The number of carbonyl (C=O) groups excluding carboxylic acids is 3. The van der Waals surface area contributed by atoms with E-state index < -0.39 is 11.3 Å². The summed E-state index contributed by atoms with van der Waals surface area (Å²) < 4.78 is 0. The van der Waals surface area contributed by atoms with E-state index in [-0.39, 0.29) is 18.4 Å². The summed E-state index contributed by atoms with van der Waals surface area (Å²) in [6, 6.07) is 13.6. The normalized spacial score (nSPS) is 10.8. The van der Waals surface area contributed by atoms with Crippen LogP contribution in [-0.2, 0) is 9.59 Å². The Balaban J connectivity index is 1.98. The molecule has 7 heteroatoms. The van der Waals surface area contributed by atoms with Crippen LogP contribution in [0.5, 0.6) is 0 Å². The minimum Gasteiger partial charge on any atom is -0.376 e. The van der Waals surface area contributed by atoms with Gasteiger partial charge in [0.1, 0.15) is 0 Å². The number of para-hydroxylation sites is 1. The molecule has 0 atom stereocenters. The molecule has 2 aromatic rings. The number of anilines is 3. The largest absolute Gasteiger partial charge is 0.376 e. The van der Waals surface area contributed by atoms with Crippen molar-refractivity contribution < 1.29 is 14.4 Å². The lowest BCUT2D eigenvalue weighted by atomic mass is 9.95. The van der Waals surface area contributed by atoms with Gasteiger partial charge in [0.2, 0.25) is 11.8 Å². The van der Waals surface area contributed by atoms with Crippen LogP contribution in [0, 0.1) is 5.41 Å². The van der Waals surface area contributed by atoms with Crippen molar-refractivity contribution in [3.63, 3.8) is 0 Å².